The summed E-state index contributed by atoms with van der Waals surface area (Å²) >= 11 is 4.72. The fraction of sp³-hybridized carbons (Fsp3) is 0.364. The molecule has 0 spiro atoms. The highest BCUT2D eigenvalue weighted by molar-refractivity contribution is 8.00. The molecule has 9 heteroatoms. The third-order valence-electron chi connectivity index (χ3n) is 5.71. The zero-order valence-electron chi connectivity index (χ0n) is 17.6. The number of aromatic amines is 1. The van der Waals surface area contributed by atoms with Gasteiger partial charge in [0.15, 0.2) is 4.34 Å². The number of fused-ring (bicyclic) bond motifs is 3. The van der Waals surface area contributed by atoms with Crippen molar-refractivity contribution >= 4 is 55.5 Å². The second-order valence-corrected chi connectivity index (χ2v) is 11.4. The first-order valence-electron chi connectivity index (χ1n) is 10.3. The Kier molecular flexibility index (Phi) is 5.58. The lowest BCUT2D eigenvalue weighted by Crippen LogP contribution is -2.14. The summed E-state index contributed by atoms with van der Waals surface area (Å²) in [6, 6.07) is 6.24. The van der Waals surface area contributed by atoms with E-state index in [0.29, 0.717) is 17.5 Å². The van der Waals surface area contributed by atoms with Crippen molar-refractivity contribution in [2.45, 2.75) is 50.1 Å². The highest BCUT2D eigenvalue weighted by Gasteiger charge is 2.23. The van der Waals surface area contributed by atoms with Gasteiger partial charge in [0.25, 0.3) is 5.56 Å². The molecular weight excluding hydrogens is 446 g/mol. The highest BCUT2D eigenvalue weighted by atomic mass is 32.2. The molecule has 0 saturated carbocycles. The molecular formula is C22H23N5OS3. The van der Waals surface area contributed by atoms with Gasteiger partial charge < -0.3 is 10.3 Å². The Morgan fingerprint density at radius 2 is 2.10 bits per heavy atom. The average Bonchev–Trinajstić information content (AvgIpc) is 3.32. The maximum absolute atomic E-state index is 12.8. The van der Waals surface area contributed by atoms with E-state index < -0.39 is 0 Å². The molecule has 0 fully saturated rings. The van der Waals surface area contributed by atoms with E-state index in [1.54, 1.807) is 11.3 Å². The van der Waals surface area contributed by atoms with E-state index in [1.165, 1.54) is 44.7 Å². The van der Waals surface area contributed by atoms with E-state index in [9.17, 15) is 4.79 Å². The molecule has 31 heavy (non-hydrogen) atoms. The number of nitrogens with one attached hydrogen (secondary N) is 2. The smallest absolute Gasteiger partial charge is 0.259 e. The van der Waals surface area contributed by atoms with Gasteiger partial charge in [-0.25, -0.2) is 4.98 Å². The predicted molar refractivity (Wildman–Crippen MR) is 130 cm³/mol. The molecule has 5 rings (SSSR count). The third-order valence-corrected chi connectivity index (χ3v) is 8.84. The predicted octanol–water partition coefficient (Wildman–Crippen LogP) is 5.61. The maximum atomic E-state index is 12.8. The lowest BCUT2D eigenvalue weighted by Gasteiger charge is -2.17. The van der Waals surface area contributed by atoms with Crippen molar-refractivity contribution in [3.63, 3.8) is 0 Å². The van der Waals surface area contributed by atoms with E-state index in [-0.39, 0.29) is 5.56 Å². The van der Waals surface area contributed by atoms with Crippen LogP contribution in [-0.4, -0.2) is 20.2 Å². The minimum atomic E-state index is -0.0120. The Hall–Kier alpha value is -2.23. The van der Waals surface area contributed by atoms with Gasteiger partial charge in [-0.2, -0.15) is 0 Å². The molecule has 160 valence electrons. The van der Waals surface area contributed by atoms with E-state index in [2.05, 4.69) is 53.4 Å². The van der Waals surface area contributed by atoms with Crippen LogP contribution in [0.25, 0.3) is 10.2 Å². The normalized spacial score (nSPS) is 15.9. The molecule has 2 N–H and O–H groups in total. The Labute approximate surface area is 192 Å². The van der Waals surface area contributed by atoms with E-state index in [4.69, 9.17) is 4.98 Å². The van der Waals surface area contributed by atoms with Gasteiger partial charge in [-0.05, 0) is 67.9 Å². The summed E-state index contributed by atoms with van der Waals surface area (Å²) in [4.78, 5) is 22.7. The van der Waals surface area contributed by atoms with Crippen LogP contribution in [0.15, 0.2) is 27.3 Å². The lowest BCUT2D eigenvalue weighted by molar-refractivity contribution is 0.509. The first kappa shape index (κ1) is 20.7. The van der Waals surface area contributed by atoms with Gasteiger partial charge in [-0.1, -0.05) is 36.1 Å². The van der Waals surface area contributed by atoms with Crippen LogP contribution in [0.4, 0.5) is 10.8 Å². The van der Waals surface area contributed by atoms with Crippen molar-refractivity contribution in [2.75, 3.05) is 5.32 Å². The number of nitrogens with zero attached hydrogens (tertiary/aromatic N) is 3. The number of thiophene rings is 1. The molecule has 0 radical (unpaired) electrons. The molecule has 1 aliphatic carbocycles. The Balaban J connectivity index is 1.30. The maximum Gasteiger partial charge on any atom is 0.259 e. The summed E-state index contributed by atoms with van der Waals surface area (Å²) in [5.74, 6) is 1.93. The molecule has 1 unspecified atom stereocenters. The Bertz CT molecular complexity index is 1320. The van der Waals surface area contributed by atoms with Crippen molar-refractivity contribution in [3.05, 3.63) is 55.9 Å². The van der Waals surface area contributed by atoms with Crippen LogP contribution < -0.4 is 10.9 Å². The molecule has 6 nitrogen and oxygen atoms in total. The summed E-state index contributed by atoms with van der Waals surface area (Å²) in [6.45, 7) is 6.47. The van der Waals surface area contributed by atoms with Crippen molar-refractivity contribution < 1.29 is 0 Å². The monoisotopic (exact) mass is 469 g/mol. The second kappa shape index (κ2) is 8.37. The van der Waals surface area contributed by atoms with Gasteiger partial charge >= 0.3 is 0 Å². The minimum Gasteiger partial charge on any atom is -0.330 e. The van der Waals surface area contributed by atoms with Crippen LogP contribution in [0.3, 0.4) is 0 Å². The number of hydrogen-bond donors (Lipinski definition) is 2. The fourth-order valence-corrected chi connectivity index (χ4v) is 6.90. The molecule has 4 aromatic rings. The number of aromatic nitrogens is 4. The molecule has 3 heterocycles. The van der Waals surface area contributed by atoms with Crippen molar-refractivity contribution in [1.29, 1.82) is 0 Å². The topological polar surface area (TPSA) is 83.6 Å². The van der Waals surface area contributed by atoms with Gasteiger partial charge in [-0.15, -0.1) is 21.5 Å². The van der Waals surface area contributed by atoms with Crippen LogP contribution >= 0.6 is 34.4 Å². The lowest BCUT2D eigenvalue weighted by atomic mass is 9.89. The van der Waals surface area contributed by atoms with Crippen molar-refractivity contribution in [3.8, 4) is 0 Å². The van der Waals surface area contributed by atoms with Crippen LogP contribution in [-0.2, 0) is 18.6 Å². The van der Waals surface area contributed by atoms with E-state index in [0.717, 1.165) is 44.6 Å². The van der Waals surface area contributed by atoms with E-state index >= 15 is 0 Å². The molecule has 1 atom stereocenters. The first-order valence-corrected chi connectivity index (χ1v) is 12.9. The van der Waals surface area contributed by atoms with Crippen LogP contribution in [0, 0.1) is 19.8 Å². The zero-order valence-corrected chi connectivity index (χ0v) is 20.1. The fourth-order valence-electron chi connectivity index (χ4n) is 3.85. The van der Waals surface area contributed by atoms with Crippen LogP contribution in [0.2, 0.25) is 0 Å². The minimum absolute atomic E-state index is 0.0120. The molecule has 0 amide bonds. The SMILES string of the molecule is Cc1ccc(Nc2nnc(SCc3nc4sc5c(c4c(=O)[nH]3)CCC(C)C5)s2)cc1C. The summed E-state index contributed by atoms with van der Waals surface area (Å²) < 4.78 is 0.841. The average molecular weight is 470 g/mol. The molecule has 0 saturated heterocycles. The van der Waals surface area contributed by atoms with Crippen LogP contribution in [0.1, 0.15) is 40.7 Å². The van der Waals surface area contributed by atoms with Gasteiger partial charge in [0.05, 0.1) is 11.1 Å². The number of rotatable bonds is 5. The number of thioether (sulfide) groups is 1. The van der Waals surface area contributed by atoms with Gasteiger partial charge in [-0.3, -0.25) is 4.79 Å². The first-order chi connectivity index (χ1) is 15.0. The molecule has 3 aromatic heterocycles. The summed E-state index contributed by atoms with van der Waals surface area (Å²) in [6.07, 6.45) is 3.18. The quantitative estimate of drug-likeness (QED) is 0.370. The van der Waals surface area contributed by atoms with Crippen molar-refractivity contribution in [1.82, 2.24) is 20.2 Å². The van der Waals surface area contributed by atoms with Gasteiger partial charge in [0, 0.05) is 10.6 Å². The zero-order chi connectivity index (χ0) is 21.5. The molecule has 0 aliphatic heterocycles. The summed E-state index contributed by atoms with van der Waals surface area (Å²) in [5.41, 5.74) is 4.71. The Morgan fingerprint density at radius 1 is 1.23 bits per heavy atom. The van der Waals surface area contributed by atoms with Crippen molar-refractivity contribution in [2.24, 2.45) is 5.92 Å². The van der Waals surface area contributed by atoms with E-state index in [1.807, 2.05) is 6.07 Å². The third kappa shape index (κ3) is 4.26. The van der Waals surface area contributed by atoms with Gasteiger partial charge in [0.1, 0.15) is 10.7 Å². The molecule has 1 aromatic carbocycles. The summed E-state index contributed by atoms with van der Waals surface area (Å²) in [5, 5.41) is 13.4. The number of anilines is 2. The summed E-state index contributed by atoms with van der Waals surface area (Å²) in [7, 11) is 0. The van der Waals surface area contributed by atoms with Crippen LogP contribution in [0.5, 0.6) is 0 Å². The highest BCUT2D eigenvalue weighted by Crippen LogP contribution is 2.36. The largest absolute Gasteiger partial charge is 0.330 e. The second-order valence-electron chi connectivity index (χ2n) is 8.13. The molecule has 1 aliphatic rings. The number of hydrogen-bond acceptors (Lipinski definition) is 8. The molecule has 0 bridgehead atoms. The number of H-pyrrole nitrogens is 1. The standard InChI is InChI=1S/C22H23N5OS3/c1-11-4-7-15-16(8-11)30-20-18(15)19(28)24-17(25-20)10-29-22-27-26-21(31-22)23-14-6-5-12(2)13(3)9-14/h5-6,9,11H,4,7-8,10H2,1-3H3,(H,23,26)(H,24,25,28). The van der Waals surface area contributed by atoms with Gasteiger partial charge in [0.2, 0.25) is 5.13 Å². The number of aryl methyl sites for hydroxylation is 3. The Morgan fingerprint density at radius 3 is 2.94 bits per heavy atom. The number of benzene rings is 1.